The lowest BCUT2D eigenvalue weighted by Gasteiger charge is -2.28. The highest BCUT2D eigenvalue weighted by molar-refractivity contribution is 8.00. The van der Waals surface area contributed by atoms with Gasteiger partial charge < -0.3 is 15.4 Å². The molecule has 0 spiro atoms. The first-order chi connectivity index (χ1) is 10.1. The van der Waals surface area contributed by atoms with E-state index in [9.17, 15) is 4.79 Å². The fraction of sp³-hybridized carbons (Fsp3) is 0.462. The molecule has 0 radical (unpaired) electrons. The van der Waals surface area contributed by atoms with Crippen LogP contribution in [0.4, 0.5) is 5.82 Å². The number of rotatable bonds is 3. The number of anilines is 1. The van der Waals surface area contributed by atoms with Crippen LogP contribution in [0, 0.1) is 0 Å². The van der Waals surface area contributed by atoms with Crippen LogP contribution in [-0.4, -0.2) is 52.3 Å². The third-order valence-corrected chi connectivity index (χ3v) is 5.04. The van der Waals surface area contributed by atoms with Crippen molar-refractivity contribution in [2.45, 2.75) is 17.3 Å². The first-order valence-electron chi connectivity index (χ1n) is 6.69. The third kappa shape index (κ3) is 3.12. The van der Waals surface area contributed by atoms with Gasteiger partial charge in [-0.05, 0) is 18.4 Å². The number of thioether (sulfide) groups is 1. The Balaban J connectivity index is 1.73. The number of hydrogen-bond donors (Lipinski definition) is 1. The lowest BCUT2D eigenvalue weighted by molar-refractivity contribution is -0.134. The summed E-state index contributed by atoms with van der Waals surface area (Å²) in [6.07, 6.45) is 0. The lowest BCUT2D eigenvalue weighted by atomic mass is 10.3. The van der Waals surface area contributed by atoms with Crippen LogP contribution >= 0.6 is 23.1 Å². The molecular formula is C13H16N4O2S2. The van der Waals surface area contributed by atoms with E-state index in [1.54, 1.807) is 0 Å². The number of hydrogen-bond acceptors (Lipinski definition) is 7. The number of nitrogens with zero attached hydrogens (tertiary/aromatic N) is 3. The third-order valence-electron chi connectivity index (χ3n) is 3.29. The lowest BCUT2D eigenvalue weighted by Crippen LogP contribution is -2.44. The maximum Gasteiger partial charge on any atom is 0.236 e. The molecule has 1 atom stereocenters. The number of nitrogen functional groups attached to an aromatic ring is 1. The molecule has 1 aliphatic rings. The predicted octanol–water partition coefficient (Wildman–Crippen LogP) is 1.61. The number of morpholine rings is 1. The number of fused-ring (bicyclic) bond motifs is 1. The minimum Gasteiger partial charge on any atom is -0.383 e. The van der Waals surface area contributed by atoms with Crippen LogP contribution in [0.3, 0.4) is 0 Å². The van der Waals surface area contributed by atoms with Gasteiger partial charge in [0.05, 0.1) is 23.8 Å². The van der Waals surface area contributed by atoms with Crippen LogP contribution < -0.4 is 5.73 Å². The molecular weight excluding hydrogens is 308 g/mol. The summed E-state index contributed by atoms with van der Waals surface area (Å²) in [6, 6.07) is 1.91. The second-order valence-electron chi connectivity index (χ2n) is 4.73. The molecule has 0 aromatic carbocycles. The maximum absolute atomic E-state index is 12.4. The Morgan fingerprint density at radius 3 is 3.00 bits per heavy atom. The molecule has 8 heteroatoms. The summed E-state index contributed by atoms with van der Waals surface area (Å²) in [5, 5.41) is 3.12. The summed E-state index contributed by atoms with van der Waals surface area (Å²) in [5.74, 6) is 0.562. The molecule has 3 heterocycles. The van der Waals surface area contributed by atoms with Gasteiger partial charge in [-0.3, -0.25) is 4.79 Å². The molecule has 112 valence electrons. The summed E-state index contributed by atoms with van der Waals surface area (Å²) in [7, 11) is 0. The molecule has 21 heavy (non-hydrogen) atoms. The van der Waals surface area contributed by atoms with E-state index < -0.39 is 0 Å². The SMILES string of the molecule is C[C@H](Sc1nc(N)c2ccsc2n1)C(=O)N1CCOCC1. The molecule has 1 amide bonds. The van der Waals surface area contributed by atoms with Crippen LogP contribution in [0.25, 0.3) is 10.2 Å². The largest absolute Gasteiger partial charge is 0.383 e. The van der Waals surface area contributed by atoms with Crippen molar-refractivity contribution in [3.63, 3.8) is 0 Å². The van der Waals surface area contributed by atoms with E-state index in [-0.39, 0.29) is 11.2 Å². The van der Waals surface area contributed by atoms with Gasteiger partial charge in [-0.25, -0.2) is 9.97 Å². The average molecular weight is 324 g/mol. The molecule has 0 saturated carbocycles. The molecule has 0 bridgehead atoms. The first-order valence-corrected chi connectivity index (χ1v) is 8.45. The number of ether oxygens (including phenoxy) is 1. The standard InChI is InChI=1S/C13H16N4O2S2/c1-8(12(18)17-3-5-19-6-4-17)21-13-15-10(14)9-2-7-20-11(9)16-13/h2,7-8H,3-6H2,1H3,(H2,14,15,16)/t8-/m0/s1. The molecule has 2 N–H and O–H groups in total. The van der Waals surface area contributed by atoms with Gasteiger partial charge in [0.15, 0.2) is 5.16 Å². The molecule has 0 aliphatic carbocycles. The van der Waals surface area contributed by atoms with E-state index in [4.69, 9.17) is 10.5 Å². The topological polar surface area (TPSA) is 81.3 Å². The second-order valence-corrected chi connectivity index (χ2v) is 6.93. The zero-order chi connectivity index (χ0) is 14.8. The summed E-state index contributed by atoms with van der Waals surface area (Å²) in [5.41, 5.74) is 5.93. The second kappa shape index (κ2) is 6.17. The van der Waals surface area contributed by atoms with Crippen molar-refractivity contribution >= 4 is 45.0 Å². The van der Waals surface area contributed by atoms with Crippen molar-refractivity contribution in [1.82, 2.24) is 14.9 Å². The van der Waals surface area contributed by atoms with Crippen molar-refractivity contribution in [3.8, 4) is 0 Å². The minimum atomic E-state index is -0.236. The highest BCUT2D eigenvalue weighted by Gasteiger charge is 2.24. The quantitative estimate of drug-likeness (QED) is 0.682. The number of aromatic nitrogens is 2. The van der Waals surface area contributed by atoms with Crippen molar-refractivity contribution in [1.29, 1.82) is 0 Å². The van der Waals surface area contributed by atoms with Gasteiger partial charge >= 0.3 is 0 Å². The predicted molar refractivity (Wildman–Crippen MR) is 84.5 cm³/mol. The van der Waals surface area contributed by atoms with Gasteiger partial charge in [0.25, 0.3) is 0 Å². The van der Waals surface area contributed by atoms with E-state index in [1.165, 1.54) is 23.1 Å². The molecule has 1 saturated heterocycles. The Bertz CT molecular complexity index is 655. The van der Waals surface area contributed by atoms with Gasteiger partial charge in [-0.1, -0.05) is 11.8 Å². The smallest absolute Gasteiger partial charge is 0.236 e. The van der Waals surface area contributed by atoms with Crippen molar-refractivity contribution in [3.05, 3.63) is 11.4 Å². The van der Waals surface area contributed by atoms with Crippen molar-refractivity contribution < 1.29 is 9.53 Å². The van der Waals surface area contributed by atoms with E-state index >= 15 is 0 Å². The van der Waals surface area contributed by atoms with Gasteiger partial charge in [0.1, 0.15) is 10.6 Å². The van der Waals surface area contributed by atoms with Crippen LogP contribution in [0.5, 0.6) is 0 Å². The fourth-order valence-electron chi connectivity index (χ4n) is 2.16. The van der Waals surface area contributed by atoms with Gasteiger partial charge in [-0.2, -0.15) is 0 Å². The van der Waals surface area contributed by atoms with E-state index in [0.29, 0.717) is 37.3 Å². The molecule has 6 nitrogen and oxygen atoms in total. The Morgan fingerprint density at radius 1 is 1.48 bits per heavy atom. The molecule has 0 unspecified atom stereocenters. The van der Waals surface area contributed by atoms with Crippen LogP contribution in [0.1, 0.15) is 6.92 Å². The fourth-order valence-corrected chi connectivity index (χ4v) is 3.85. The van der Waals surface area contributed by atoms with E-state index in [0.717, 1.165) is 10.2 Å². The van der Waals surface area contributed by atoms with Crippen LogP contribution in [0.2, 0.25) is 0 Å². The number of carbonyl (C=O) groups excluding carboxylic acids is 1. The molecule has 2 aromatic heterocycles. The summed E-state index contributed by atoms with van der Waals surface area (Å²) in [4.78, 5) is 23.8. The van der Waals surface area contributed by atoms with Crippen LogP contribution in [-0.2, 0) is 9.53 Å². The first kappa shape index (κ1) is 14.6. The molecule has 3 rings (SSSR count). The zero-order valence-electron chi connectivity index (χ0n) is 11.6. The minimum absolute atomic E-state index is 0.0942. The molecule has 1 aliphatic heterocycles. The highest BCUT2D eigenvalue weighted by atomic mass is 32.2. The number of carbonyl (C=O) groups is 1. The maximum atomic E-state index is 12.4. The number of amides is 1. The number of nitrogens with two attached hydrogens (primary N) is 1. The Kier molecular flexibility index (Phi) is 4.27. The van der Waals surface area contributed by atoms with Gasteiger partial charge in [-0.15, -0.1) is 11.3 Å². The Hall–Kier alpha value is -1.38. The number of thiophene rings is 1. The summed E-state index contributed by atoms with van der Waals surface area (Å²) >= 11 is 2.87. The van der Waals surface area contributed by atoms with Crippen molar-refractivity contribution in [2.75, 3.05) is 32.0 Å². The van der Waals surface area contributed by atoms with Crippen LogP contribution in [0.15, 0.2) is 16.6 Å². The van der Waals surface area contributed by atoms with Gasteiger partial charge in [0.2, 0.25) is 5.91 Å². The Morgan fingerprint density at radius 2 is 2.24 bits per heavy atom. The van der Waals surface area contributed by atoms with E-state index in [2.05, 4.69) is 9.97 Å². The monoisotopic (exact) mass is 324 g/mol. The van der Waals surface area contributed by atoms with Crippen molar-refractivity contribution in [2.24, 2.45) is 0 Å². The average Bonchev–Trinajstić information content (AvgIpc) is 2.96. The van der Waals surface area contributed by atoms with E-state index in [1.807, 2.05) is 23.3 Å². The molecule has 2 aromatic rings. The zero-order valence-corrected chi connectivity index (χ0v) is 13.2. The Labute approximate surface area is 130 Å². The van der Waals surface area contributed by atoms with Gasteiger partial charge in [0, 0.05) is 13.1 Å². The summed E-state index contributed by atoms with van der Waals surface area (Å²) in [6.45, 7) is 4.38. The molecule has 1 fully saturated rings. The highest BCUT2D eigenvalue weighted by Crippen LogP contribution is 2.28. The normalized spacial score (nSPS) is 17.1. The summed E-state index contributed by atoms with van der Waals surface area (Å²) < 4.78 is 5.26.